The highest BCUT2D eigenvalue weighted by Crippen LogP contribution is 1.97. The maximum atomic E-state index is 11.5. The van der Waals surface area contributed by atoms with Crippen molar-refractivity contribution in [2.75, 3.05) is 26.2 Å². The van der Waals surface area contributed by atoms with Crippen LogP contribution in [-0.4, -0.2) is 49.1 Å². The molecule has 2 N–H and O–H groups in total. The van der Waals surface area contributed by atoms with Crippen molar-refractivity contribution in [1.29, 1.82) is 0 Å². The summed E-state index contributed by atoms with van der Waals surface area (Å²) in [6, 6.07) is 0.735. The van der Waals surface area contributed by atoms with Crippen LogP contribution < -0.4 is 10.6 Å². The van der Waals surface area contributed by atoms with Gasteiger partial charge in [-0.1, -0.05) is 0 Å². The Bertz CT molecular complexity index is 194. The Morgan fingerprint density at radius 2 is 2.36 bits per heavy atom. The molecule has 0 radical (unpaired) electrons. The van der Waals surface area contributed by atoms with E-state index in [1.807, 2.05) is 13.8 Å². The summed E-state index contributed by atoms with van der Waals surface area (Å²) in [6.07, 6.45) is 0. The molecule has 1 aliphatic heterocycles. The van der Waals surface area contributed by atoms with Gasteiger partial charge in [0.1, 0.15) is 0 Å². The zero-order valence-corrected chi connectivity index (χ0v) is 9.34. The summed E-state index contributed by atoms with van der Waals surface area (Å²) in [6.45, 7) is 9.56. The standard InChI is InChI=1S/C10H21N3O/c1-8(2)12-10(14)7-13-5-4-11-9(3)6-13/h8-9,11H,4-7H2,1-3H3,(H,12,14)/t9-/m0/s1. The normalized spacial score (nSPS) is 23.9. The van der Waals surface area contributed by atoms with Gasteiger partial charge in [-0.05, 0) is 20.8 Å². The number of hydrogen-bond donors (Lipinski definition) is 2. The Labute approximate surface area is 86.0 Å². The van der Waals surface area contributed by atoms with Crippen LogP contribution in [0.1, 0.15) is 20.8 Å². The molecule has 0 aromatic carbocycles. The van der Waals surface area contributed by atoms with E-state index in [9.17, 15) is 4.79 Å². The van der Waals surface area contributed by atoms with Crippen LogP contribution in [0.25, 0.3) is 0 Å². The first-order valence-corrected chi connectivity index (χ1v) is 5.33. The molecule has 0 aromatic rings. The van der Waals surface area contributed by atoms with Crippen molar-refractivity contribution in [1.82, 2.24) is 15.5 Å². The monoisotopic (exact) mass is 199 g/mol. The van der Waals surface area contributed by atoms with Crippen LogP contribution in [0.3, 0.4) is 0 Å². The fourth-order valence-corrected chi connectivity index (χ4v) is 1.73. The summed E-state index contributed by atoms with van der Waals surface area (Å²) in [7, 11) is 0. The molecule has 1 fully saturated rings. The maximum absolute atomic E-state index is 11.5. The summed E-state index contributed by atoms with van der Waals surface area (Å²) in [5.74, 6) is 0.133. The zero-order valence-electron chi connectivity index (χ0n) is 9.34. The zero-order chi connectivity index (χ0) is 10.6. The van der Waals surface area contributed by atoms with Gasteiger partial charge in [-0.15, -0.1) is 0 Å². The summed E-state index contributed by atoms with van der Waals surface area (Å²) in [4.78, 5) is 13.6. The predicted octanol–water partition coefficient (Wildman–Crippen LogP) is -0.195. The molecule has 1 amide bonds. The highest BCUT2D eigenvalue weighted by atomic mass is 16.2. The number of nitrogens with one attached hydrogen (secondary N) is 2. The summed E-state index contributed by atoms with van der Waals surface area (Å²) < 4.78 is 0. The van der Waals surface area contributed by atoms with E-state index in [0.29, 0.717) is 12.6 Å². The van der Waals surface area contributed by atoms with Gasteiger partial charge in [0.15, 0.2) is 0 Å². The van der Waals surface area contributed by atoms with Gasteiger partial charge in [0.2, 0.25) is 5.91 Å². The third-order valence-electron chi connectivity index (χ3n) is 2.27. The quantitative estimate of drug-likeness (QED) is 0.662. The number of amides is 1. The second kappa shape index (κ2) is 5.32. The Kier molecular flexibility index (Phi) is 4.35. The highest BCUT2D eigenvalue weighted by Gasteiger charge is 2.17. The minimum Gasteiger partial charge on any atom is -0.353 e. The van der Waals surface area contributed by atoms with Crippen molar-refractivity contribution < 1.29 is 4.79 Å². The molecule has 4 nitrogen and oxygen atoms in total. The number of piperazine rings is 1. The number of carbonyl (C=O) groups excluding carboxylic acids is 1. The van der Waals surface area contributed by atoms with Gasteiger partial charge in [0.05, 0.1) is 6.54 Å². The fraction of sp³-hybridized carbons (Fsp3) is 0.900. The van der Waals surface area contributed by atoms with Crippen molar-refractivity contribution >= 4 is 5.91 Å². The molecular formula is C10H21N3O. The molecule has 1 rings (SSSR count). The van der Waals surface area contributed by atoms with E-state index < -0.39 is 0 Å². The van der Waals surface area contributed by atoms with Crippen molar-refractivity contribution in [2.24, 2.45) is 0 Å². The van der Waals surface area contributed by atoms with Gasteiger partial charge in [-0.25, -0.2) is 0 Å². The van der Waals surface area contributed by atoms with Gasteiger partial charge < -0.3 is 10.6 Å². The first kappa shape index (κ1) is 11.5. The van der Waals surface area contributed by atoms with E-state index >= 15 is 0 Å². The van der Waals surface area contributed by atoms with E-state index in [0.717, 1.165) is 19.6 Å². The lowest BCUT2D eigenvalue weighted by Gasteiger charge is -2.31. The van der Waals surface area contributed by atoms with Crippen molar-refractivity contribution in [3.05, 3.63) is 0 Å². The molecule has 0 aliphatic carbocycles. The maximum Gasteiger partial charge on any atom is 0.234 e. The van der Waals surface area contributed by atoms with Crippen LogP contribution in [0.4, 0.5) is 0 Å². The first-order valence-electron chi connectivity index (χ1n) is 5.33. The number of hydrogen-bond acceptors (Lipinski definition) is 3. The van der Waals surface area contributed by atoms with E-state index in [2.05, 4.69) is 22.5 Å². The Balaban J connectivity index is 2.25. The minimum atomic E-state index is 0.133. The van der Waals surface area contributed by atoms with Gasteiger partial charge in [0, 0.05) is 31.7 Å². The molecule has 0 spiro atoms. The van der Waals surface area contributed by atoms with Crippen molar-refractivity contribution in [2.45, 2.75) is 32.9 Å². The molecule has 1 heterocycles. The van der Waals surface area contributed by atoms with Crippen LogP contribution in [0.2, 0.25) is 0 Å². The van der Waals surface area contributed by atoms with Crippen LogP contribution in [0.5, 0.6) is 0 Å². The van der Waals surface area contributed by atoms with E-state index in [4.69, 9.17) is 0 Å². The lowest BCUT2D eigenvalue weighted by molar-refractivity contribution is -0.123. The topological polar surface area (TPSA) is 44.4 Å². The number of rotatable bonds is 3. The molecule has 0 bridgehead atoms. The lowest BCUT2D eigenvalue weighted by Crippen LogP contribution is -2.52. The highest BCUT2D eigenvalue weighted by molar-refractivity contribution is 5.78. The van der Waals surface area contributed by atoms with Gasteiger partial charge in [-0.3, -0.25) is 9.69 Å². The second-order valence-electron chi connectivity index (χ2n) is 4.31. The summed E-state index contributed by atoms with van der Waals surface area (Å²) >= 11 is 0. The van der Waals surface area contributed by atoms with Crippen LogP contribution in [-0.2, 0) is 4.79 Å². The van der Waals surface area contributed by atoms with Gasteiger partial charge in [0.25, 0.3) is 0 Å². The minimum absolute atomic E-state index is 0.133. The smallest absolute Gasteiger partial charge is 0.234 e. The molecule has 0 saturated carbocycles. The van der Waals surface area contributed by atoms with Crippen LogP contribution in [0.15, 0.2) is 0 Å². The third kappa shape index (κ3) is 4.07. The van der Waals surface area contributed by atoms with Crippen LogP contribution in [0, 0.1) is 0 Å². The molecule has 82 valence electrons. The Hall–Kier alpha value is -0.610. The Morgan fingerprint density at radius 1 is 1.64 bits per heavy atom. The molecule has 0 unspecified atom stereocenters. The van der Waals surface area contributed by atoms with Crippen molar-refractivity contribution in [3.63, 3.8) is 0 Å². The molecule has 4 heteroatoms. The van der Waals surface area contributed by atoms with Crippen LogP contribution >= 0.6 is 0 Å². The lowest BCUT2D eigenvalue weighted by atomic mass is 10.2. The molecular weight excluding hydrogens is 178 g/mol. The molecule has 1 saturated heterocycles. The average Bonchev–Trinajstić information content (AvgIpc) is 2.01. The largest absolute Gasteiger partial charge is 0.353 e. The van der Waals surface area contributed by atoms with E-state index in [1.165, 1.54) is 0 Å². The number of carbonyl (C=O) groups is 1. The molecule has 0 aromatic heterocycles. The first-order chi connectivity index (χ1) is 6.58. The average molecular weight is 199 g/mol. The summed E-state index contributed by atoms with van der Waals surface area (Å²) in [5.41, 5.74) is 0. The van der Waals surface area contributed by atoms with E-state index in [1.54, 1.807) is 0 Å². The number of nitrogens with zero attached hydrogens (tertiary/aromatic N) is 1. The SMILES string of the molecule is CC(C)NC(=O)CN1CCN[C@@H](C)C1. The van der Waals surface area contributed by atoms with E-state index in [-0.39, 0.29) is 11.9 Å². The van der Waals surface area contributed by atoms with Gasteiger partial charge >= 0.3 is 0 Å². The fourth-order valence-electron chi connectivity index (χ4n) is 1.73. The predicted molar refractivity (Wildman–Crippen MR) is 57.2 cm³/mol. The third-order valence-corrected chi connectivity index (χ3v) is 2.27. The van der Waals surface area contributed by atoms with Crippen molar-refractivity contribution in [3.8, 4) is 0 Å². The second-order valence-corrected chi connectivity index (χ2v) is 4.31. The molecule has 1 atom stereocenters. The Morgan fingerprint density at radius 3 is 2.93 bits per heavy atom. The molecule has 1 aliphatic rings. The van der Waals surface area contributed by atoms with Gasteiger partial charge in [-0.2, -0.15) is 0 Å². The molecule has 14 heavy (non-hydrogen) atoms. The summed E-state index contributed by atoms with van der Waals surface area (Å²) in [5, 5.41) is 6.26.